The second-order valence-corrected chi connectivity index (χ2v) is 6.82. The molecule has 24 heavy (non-hydrogen) atoms. The van der Waals surface area contributed by atoms with Crippen molar-refractivity contribution in [2.45, 2.75) is 18.4 Å². The van der Waals surface area contributed by atoms with Crippen molar-refractivity contribution < 1.29 is 9.90 Å². The Morgan fingerprint density at radius 1 is 1.12 bits per heavy atom. The minimum atomic E-state index is -1.05. The van der Waals surface area contributed by atoms with Crippen molar-refractivity contribution in [3.05, 3.63) is 64.1 Å². The Balaban J connectivity index is 1.64. The van der Waals surface area contributed by atoms with Crippen molar-refractivity contribution in [2.75, 3.05) is 11.9 Å². The van der Waals surface area contributed by atoms with Gasteiger partial charge in [0.05, 0.1) is 16.6 Å². The quantitative estimate of drug-likeness (QED) is 0.735. The van der Waals surface area contributed by atoms with Crippen LogP contribution < -0.4 is 10.6 Å². The van der Waals surface area contributed by atoms with Gasteiger partial charge in [0.2, 0.25) is 0 Å². The Labute approximate surface area is 150 Å². The summed E-state index contributed by atoms with van der Waals surface area (Å²) in [5.74, 6) is 0.171. The van der Waals surface area contributed by atoms with Crippen LogP contribution in [-0.4, -0.2) is 17.7 Å². The predicted molar refractivity (Wildman–Crippen MR) is 96.5 cm³/mol. The van der Waals surface area contributed by atoms with E-state index in [4.69, 9.17) is 23.2 Å². The monoisotopic (exact) mass is 364 g/mol. The summed E-state index contributed by atoms with van der Waals surface area (Å²) in [4.78, 5) is 12.1. The number of carbonyl (C=O) groups excluding carboxylic acids is 1. The highest BCUT2D eigenvalue weighted by Crippen LogP contribution is 2.45. The van der Waals surface area contributed by atoms with Gasteiger partial charge in [-0.25, -0.2) is 4.79 Å². The van der Waals surface area contributed by atoms with E-state index in [1.54, 1.807) is 18.2 Å². The van der Waals surface area contributed by atoms with Crippen LogP contribution in [0.2, 0.25) is 10.0 Å². The van der Waals surface area contributed by atoms with E-state index < -0.39 is 11.6 Å². The third-order valence-corrected chi connectivity index (χ3v) is 4.96. The van der Waals surface area contributed by atoms with Crippen LogP contribution in [0.1, 0.15) is 18.4 Å². The largest absolute Gasteiger partial charge is 0.383 e. The van der Waals surface area contributed by atoms with Gasteiger partial charge in [-0.1, -0.05) is 53.5 Å². The summed E-state index contributed by atoms with van der Waals surface area (Å²) >= 11 is 11.8. The SMILES string of the molecule is O=C(NC[C@](O)(c1ccccc1)C1CC1)Nc1ccc(Cl)c(Cl)c1. The van der Waals surface area contributed by atoms with E-state index in [0.717, 1.165) is 18.4 Å². The molecule has 2 aromatic carbocycles. The summed E-state index contributed by atoms with van der Waals surface area (Å²) in [6, 6.07) is 13.9. The molecule has 1 fully saturated rings. The average molecular weight is 365 g/mol. The maximum absolute atomic E-state index is 12.1. The first-order chi connectivity index (χ1) is 11.5. The third-order valence-electron chi connectivity index (χ3n) is 4.22. The zero-order valence-electron chi connectivity index (χ0n) is 12.9. The highest BCUT2D eigenvalue weighted by Gasteiger charge is 2.45. The second kappa shape index (κ2) is 7.01. The maximum Gasteiger partial charge on any atom is 0.319 e. The first-order valence-corrected chi connectivity index (χ1v) is 8.52. The van der Waals surface area contributed by atoms with Crippen LogP contribution in [0.5, 0.6) is 0 Å². The zero-order chi connectivity index (χ0) is 17.2. The van der Waals surface area contributed by atoms with Gasteiger partial charge < -0.3 is 15.7 Å². The highest BCUT2D eigenvalue weighted by atomic mass is 35.5. The molecule has 126 valence electrons. The van der Waals surface area contributed by atoms with Crippen LogP contribution in [0.15, 0.2) is 48.5 Å². The van der Waals surface area contributed by atoms with Crippen LogP contribution in [-0.2, 0) is 5.60 Å². The number of aliphatic hydroxyl groups is 1. The van der Waals surface area contributed by atoms with E-state index in [1.165, 1.54) is 0 Å². The molecule has 0 aromatic heterocycles. The molecule has 0 spiro atoms. The molecule has 2 amide bonds. The smallest absolute Gasteiger partial charge is 0.319 e. The van der Waals surface area contributed by atoms with Gasteiger partial charge in [0, 0.05) is 5.69 Å². The lowest BCUT2D eigenvalue weighted by Gasteiger charge is -2.29. The Bertz CT molecular complexity index is 735. The molecular formula is C18H18Cl2N2O2. The number of hydrogen-bond acceptors (Lipinski definition) is 2. The first-order valence-electron chi connectivity index (χ1n) is 7.77. The number of halogens is 2. The number of benzene rings is 2. The molecule has 0 heterocycles. The molecular weight excluding hydrogens is 347 g/mol. The molecule has 3 rings (SSSR count). The second-order valence-electron chi connectivity index (χ2n) is 6.00. The number of carbonyl (C=O) groups is 1. The summed E-state index contributed by atoms with van der Waals surface area (Å²) in [5, 5.41) is 17.3. The molecule has 1 aliphatic rings. The van der Waals surface area contributed by atoms with Gasteiger partial charge in [-0.3, -0.25) is 0 Å². The van der Waals surface area contributed by atoms with Crippen molar-refractivity contribution in [1.29, 1.82) is 0 Å². The molecule has 2 aromatic rings. The van der Waals surface area contributed by atoms with Crippen LogP contribution >= 0.6 is 23.2 Å². The number of nitrogens with one attached hydrogen (secondary N) is 2. The van der Waals surface area contributed by atoms with E-state index in [-0.39, 0.29) is 12.5 Å². The number of rotatable bonds is 5. The fourth-order valence-corrected chi connectivity index (χ4v) is 3.03. The lowest BCUT2D eigenvalue weighted by atomic mass is 9.89. The van der Waals surface area contributed by atoms with Crippen LogP contribution in [0.3, 0.4) is 0 Å². The van der Waals surface area contributed by atoms with Gasteiger partial charge in [0.1, 0.15) is 5.60 Å². The lowest BCUT2D eigenvalue weighted by molar-refractivity contribution is 0.0164. The number of hydrogen-bond donors (Lipinski definition) is 3. The van der Waals surface area contributed by atoms with E-state index in [0.29, 0.717) is 15.7 Å². The van der Waals surface area contributed by atoms with Crippen molar-refractivity contribution in [2.24, 2.45) is 5.92 Å². The summed E-state index contributed by atoms with van der Waals surface area (Å²) in [6.07, 6.45) is 1.92. The average Bonchev–Trinajstić information content (AvgIpc) is 3.42. The Kier molecular flexibility index (Phi) is 4.99. The zero-order valence-corrected chi connectivity index (χ0v) is 14.4. The number of urea groups is 1. The molecule has 3 N–H and O–H groups in total. The van der Waals surface area contributed by atoms with E-state index in [1.807, 2.05) is 30.3 Å². The van der Waals surface area contributed by atoms with Gasteiger partial charge >= 0.3 is 6.03 Å². The molecule has 0 saturated heterocycles. The molecule has 6 heteroatoms. The predicted octanol–water partition coefficient (Wildman–Crippen LogP) is 4.41. The van der Waals surface area contributed by atoms with Gasteiger partial charge in [-0.05, 0) is 42.5 Å². The van der Waals surface area contributed by atoms with E-state index in [2.05, 4.69) is 10.6 Å². The van der Waals surface area contributed by atoms with Crippen molar-refractivity contribution in [1.82, 2.24) is 5.32 Å². The Hall–Kier alpha value is -1.75. The fourth-order valence-electron chi connectivity index (χ4n) is 2.73. The molecule has 0 aliphatic heterocycles. The Morgan fingerprint density at radius 2 is 1.83 bits per heavy atom. The number of anilines is 1. The third kappa shape index (κ3) is 3.83. The normalized spacial score (nSPS) is 16.3. The first kappa shape index (κ1) is 17.1. The molecule has 4 nitrogen and oxygen atoms in total. The van der Waals surface area contributed by atoms with Crippen molar-refractivity contribution in [3.63, 3.8) is 0 Å². The molecule has 0 bridgehead atoms. The van der Waals surface area contributed by atoms with Gasteiger partial charge in [-0.15, -0.1) is 0 Å². The van der Waals surface area contributed by atoms with Gasteiger partial charge in [0.15, 0.2) is 0 Å². The summed E-state index contributed by atoms with van der Waals surface area (Å²) in [7, 11) is 0. The van der Waals surface area contributed by atoms with Crippen molar-refractivity contribution in [3.8, 4) is 0 Å². The van der Waals surface area contributed by atoms with Crippen LogP contribution in [0.25, 0.3) is 0 Å². The maximum atomic E-state index is 12.1. The van der Waals surface area contributed by atoms with Gasteiger partial charge in [0.25, 0.3) is 0 Å². The lowest BCUT2D eigenvalue weighted by Crippen LogP contribution is -2.43. The van der Waals surface area contributed by atoms with E-state index in [9.17, 15) is 9.90 Å². The van der Waals surface area contributed by atoms with Crippen molar-refractivity contribution >= 4 is 34.9 Å². The summed E-state index contributed by atoms with van der Waals surface area (Å²) < 4.78 is 0. The molecule has 1 aliphatic carbocycles. The molecule has 1 saturated carbocycles. The van der Waals surface area contributed by atoms with Gasteiger partial charge in [-0.2, -0.15) is 0 Å². The highest BCUT2D eigenvalue weighted by molar-refractivity contribution is 6.42. The molecule has 1 atom stereocenters. The topological polar surface area (TPSA) is 61.4 Å². The number of amides is 2. The van der Waals surface area contributed by atoms with Crippen LogP contribution in [0.4, 0.5) is 10.5 Å². The van der Waals surface area contributed by atoms with E-state index >= 15 is 0 Å². The summed E-state index contributed by atoms with van der Waals surface area (Å²) in [6.45, 7) is 0.148. The fraction of sp³-hybridized carbons (Fsp3) is 0.278. The summed E-state index contributed by atoms with van der Waals surface area (Å²) in [5.41, 5.74) is 0.315. The minimum absolute atomic E-state index is 0.148. The minimum Gasteiger partial charge on any atom is -0.383 e. The molecule has 0 unspecified atom stereocenters. The molecule has 0 radical (unpaired) electrons. The van der Waals surface area contributed by atoms with Crippen LogP contribution in [0, 0.1) is 5.92 Å². The standard InChI is InChI=1S/C18H18Cl2N2O2/c19-15-9-8-14(10-16(15)20)22-17(23)21-11-18(24,13-6-7-13)12-4-2-1-3-5-12/h1-5,8-10,13,24H,6-7,11H2,(H2,21,22,23)/t18-/m0/s1. The Morgan fingerprint density at radius 3 is 2.46 bits per heavy atom.